The molecule has 0 saturated carbocycles. The summed E-state index contributed by atoms with van der Waals surface area (Å²) in [5.41, 5.74) is 9.32. The minimum atomic E-state index is -0.809. The number of carbonyl (C=O) groups is 2. The average Bonchev–Trinajstić information content (AvgIpc) is 2.53. The number of carbonyl (C=O) groups excluding carboxylic acids is 2. The Hall–Kier alpha value is -2.47. The molecule has 0 aromatic heterocycles. The van der Waals surface area contributed by atoms with Gasteiger partial charge in [-0.2, -0.15) is 5.01 Å². The van der Waals surface area contributed by atoms with Gasteiger partial charge in [0.05, 0.1) is 12.6 Å². The molecule has 0 N–H and O–H groups in total. The van der Waals surface area contributed by atoms with Crippen LogP contribution in [0.4, 0.5) is 4.79 Å². The molecule has 1 saturated heterocycles. The summed E-state index contributed by atoms with van der Waals surface area (Å²) in [7, 11) is 0. The molecule has 19 heavy (non-hydrogen) atoms. The van der Waals surface area contributed by atoms with Gasteiger partial charge >= 0.3 is 6.09 Å². The van der Waals surface area contributed by atoms with Crippen molar-refractivity contribution in [1.29, 1.82) is 0 Å². The Balaban J connectivity index is 2.30. The molecule has 2 amide bonds. The van der Waals surface area contributed by atoms with Crippen molar-refractivity contribution in [2.75, 3.05) is 6.61 Å². The van der Waals surface area contributed by atoms with Crippen molar-refractivity contribution in [3.63, 3.8) is 0 Å². The van der Waals surface area contributed by atoms with Crippen molar-refractivity contribution >= 4 is 12.0 Å². The molecule has 0 aliphatic carbocycles. The first kappa shape index (κ1) is 13.0. The van der Waals surface area contributed by atoms with E-state index in [1.54, 1.807) is 19.1 Å². The van der Waals surface area contributed by atoms with E-state index in [1.807, 2.05) is 6.92 Å². The number of hydrogen-bond donors (Lipinski definition) is 0. The lowest BCUT2D eigenvalue weighted by atomic mass is 9.96. The van der Waals surface area contributed by atoms with Crippen LogP contribution in [-0.2, 0) is 9.53 Å². The smallest absolute Gasteiger partial charge is 0.433 e. The van der Waals surface area contributed by atoms with Gasteiger partial charge in [0.1, 0.15) is 6.04 Å². The molecule has 0 unspecified atom stereocenters. The van der Waals surface area contributed by atoms with E-state index < -0.39 is 24.1 Å². The first-order valence-corrected chi connectivity index (χ1v) is 5.80. The van der Waals surface area contributed by atoms with Crippen LogP contribution in [0, 0.1) is 0 Å². The van der Waals surface area contributed by atoms with E-state index in [0.29, 0.717) is 0 Å². The fourth-order valence-electron chi connectivity index (χ4n) is 1.99. The second kappa shape index (κ2) is 5.03. The predicted octanol–water partition coefficient (Wildman–Crippen LogP) is 1.72. The van der Waals surface area contributed by atoms with Gasteiger partial charge in [0.2, 0.25) is 0 Å². The van der Waals surface area contributed by atoms with Gasteiger partial charge in [0.15, 0.2) is 0 Å². The number of β-lactam (4-membered cyclic amide) rings is 1. The van der Waals surface area contributed by atoms with E-state index in [9.17, 15) is 9.59 Å². The molecule has 2 aliphatic rings. The van der Waals surface area contributed by atoms with Crippen LogP contribution in [-0.4, -0.2) is 40.7 Å². The van der Waals surface area contributed by atoms with Crippen molar-refractivity contribution in [1.82, 2.24) is 10.0 Å². The lowest BCUT2D eigenvalue weighted by Crippen LogP contribution is -2.68. The standard InChI is InChI=1S/C11H13N5O3/c1-3-19-11(18)15-5-4-7(2)6-8-9(13-14-12)10(17)16(8)15/h4-6,8-9H,3H2,1-2H3/t8-,9+/m1/s1. The highest BCUT2D eigenvalue weighted by molar-refractivity contribution is 5.92. The third-order valence-corrected chi connectivity index (χ3v) is 2.86. The Bertz CT molecular complexity index is 520. The minimum Gasteiger partial charge on any atom is -0.448 e. The molecule has 0 aromatic carbocycles. The fourth-order valence-corrected chi connectivity index (χ4v) is 1.99. The maximum absolute atomic E-state index is 11.9. The summed E-state index contributed by atoms with van der Waals surface area (Å²) in [6.07, 6.45) is 4.29. The molecule has 2 atom stereocenters. The maximum Gasteiger partial charge on any atom is 0.433 e. The Morgan fingerprint density at radius 3 is 3.00 bits per heavy atom. The monoisotopic (exact) mass is 263 g/mol. The Morgan fingerprint density at radius 1 is 1.63 bits per heavy atom. The summed E-state index contributed by atoms with van der Waals surface area (Å²) in [6, 6.07) is -1.26. The third kappa shape index (κ3) is 2.13. The van der Waals surface area contributed by atoms with E-state index in [2.05, 4.69) is 10.0 Å². The number of hydrogen-bond acceptors (Lipinski definition) is 4. The number of fused-ring (bicyclic) bond motifs is 1. The highest BCUT2D eigenvalue weighted by Gasteiger charge is 2.50. The normalized spacial score (nSPS) is 24.7. The van der Waals surface area contributed by atoms with Crippen molar-refractivity contribution in [2.24, 2.45) is 5.11 Å². The lowest BCUT2D eigenvalue weighted by Gasteiger charge is -2.46. The molecule has 100 valence electrons. The molecular weight excluding hydrogens is 250 g/mol. The Kier molecular flexibility index (Phi) is 3.43. The molecule has 0 bridgehead atoms. The number of rotatable bonds is 2. The van der Waals surface area contributed by atoms with Crippen molar-refractivity contribution < 1.29 is 14.3 Å². The predicted molar refractivity (Wildman–Crippen MR) is 65.3 cm³/mol. The first-order chi connectivity index (χ1) is 9.10. The zero-order valence-electron chi connectivity index (χ0n) is 10.6. The molecular formula is C11H13N5O3. The molecule has 2 rings (SSSR count). The topological polar surface area (TPSA) is 98.6 Å². The van der Waals surface area contributed by atoms with Crippen molar-refractivity contribution in [3.8, 4) is 0 Å². The summed E-state index contributed by atoms with van der Waals surface area (Å²) >= 11 is 0. The second-order valence-electron chi connectivity index (χ2n) is 4.09. The average molecular weight is 263 g/mol. The highest BCUT2D eigenvalue weighted by atomic mass is 16.6. The van der Waals surface area contributed by atoms with Gasteiger partial charge in [0, 0.05) is 11.1 Å². The van der Waals surface area contributed by atoms with Crippen LogP contribution < -0.4 is 0 Å². The van der Waals surface area contributed by atoms with Crippen LogP contribution >= 0.6 is 0 Å². The van der Waals surface area contributed by atoms with Crippen LogP contribution in [0.15, 0.2) is 29.0 Å². The maximum atomic E-state index is 11.9. The SMILES string of the molecule is CCOC(=O)N1C=CC(C)=C[C@@H]2[C@H](N=[N+]=[N-])C(=O)N21. The lowest BCUT2D eigenvalue weighted by molar-refractivity contribution is -0.165. The molecule has 8 nitrogen and oxygen atoms in total. The van der Waals surface area contributed by atoms with Crippen molar-refractivity contribution in [3.05, 3.63) is 34.4 Å². The number of allylic oxidation sites excluding steroid dienone is 2. The number of azide groups is 1. The van der Waals surface area contributed by atoms with Gasteiger partial charge < -0.3 is 4.74 Å². The van der Waals surface area contributed by atoms with Gasteiger partial charge in [-0.05, 0) is 25.5 Å². The molecule has 0 radical (unpaired) electrons. The Morgan fingerprint density at radius 2 is 2.37 bits per heavy atom. The van der Waals surface area contributed by atoms with Gasteiger partial charge in [-0.3, -0.25) is 4.79 Å². The summed E-state index contributed by atoms with van der Waals surface area (Å²) in [4.78, 5) is 26.4. The minimum absolute atomic E-state index is 0.210. The number of nitrogens with zero attached hydrogens (tertiary/aromatic N) is 5. The van der Waals surface area contributed by atoms with Crippen LogP contribution in [0.2, 0.25) is 0 Å². The number of hydrazine groups is 1. The van der Waals surface area contributed by atoms with E-state index in [4.69, 9.17) is 10.3 Å². The zero-order valence-corrected chi connectivity index (χ0v) is 10.6. The molecule has 2 aliphatic heterocycles. The van der Waals surface area contributed by atoms with Crippen LogP contribution in [0.1, 0.15) is 13.8 Å². The van der Waals surface area contributed by atoms with Crippen LogP contribution in [0.3, 0.4) is 0 Å². The molecule has 8 heteroatoms. The molecule has 2 heterocycles. The van der Waals surface area contributed by atoms with E-state index in [0.717, 1.165) is 10.6 Å². The fraction of sp³-hybridized carbons (Fsp3) is 0.455. The van der Waals surface area contributed by atoms with Gasteiger partial charge in [-0.25, -0.2) is 9.80 Å². The van der Waals surface area contributed by atoms with Crippen LogP contribution in [0.25, 0.3) is 10.4 Å². The van der Waals surface area contributed by atoms with Gasteiger partial charge in [-0.1, -0.05) is 16.8 Å². The zero-order chi connectivity index (χ0) is 14.0. The molecule has 0 spiro atoms. The quantitative estimate of drug-likeness (QED) is 0.328. The number of ether oxygens (including phenoxy) is 1. The molecule has 1 fully saturated rings. The summed E-state index contributed by atoms with van der Waals surface area (Å²) < 4.78 is 4.88. The largest absolute Gasteiger partial charge is 0.448 e. The second-order valence-corrected chi connectivity index (χ2v) is 4.09. The Labute approximate surface area is 109 Å². The van der Waals surface area contributed by atoms with E-state index in [1.165, 1.54) is 11.2 Å². The van der Waals surface area contributed by atoms with Crippen molar-refractivity contribution in [2.45, 2.75) is 25.9 Å². The molecule has 0 aromatic rings. The van der Waals surface area contributed by atoms with Gasteiger partial charge in [-0.15, -0.1) is 0 Å². The van der Waals surface area contributed by atoms with E-state index >= 15 is 0 Å². The first-order valence-electron chi connectivity index (χ1n) is 5.80. The summed E-state index contributed by atoms with van der Waals surface area (Å²) in [5.74, 6) is -0.425. The number of amides is 2. The summed E-state index contributed by atoms with van der Waals surface area (Å²) in [5, 5.41) is 5.78. The highest BCUT2D eigenvalue weighted by Crippen LogP contribution is 2.30. The van der Waals surface area contributed by atoms with E-state index in [-0.39, 0.29) is 6.61 Å². The third-order valence-electron chi connectivity index (χ3n) is 2.86. The van der Waals surface area contributed by atoms with Gasteiger partial charge in [0.25, 0.3) is 5.91 Å². The van der Waals surface area contributed by atoms with Crippen LogP contribution in [0.5, 0.6) is 0 Å². The summed E-state index contributed by atoms with van der Waals surface area (Å²) in [6.45, 7) is 3.72.